The van der Waals surface area contributed by atoms with Gasteiger partial charge in [-0.3, -0.25) is 14.2 Å². The number of carbonyl (C=O) groups excluding carboxylic acids is 1. The largest absolute Gasteiger partial charge is 0.497 e. The summed E-state index contributed by atoms with van der Waals surface area (Å²) in [5, 5.41) is 7.38. The molecule has 0 aliphatic heterocycles. The Labute approximate surface area is 186 Å². The lowest BCUT2D eigenvalue weighted by Crippen LogP contribution is -2.34. The predicted molar refractivity (Wildman–Crippen MR) is 123 cm³/mol. The van der Waals surface area contributed by atoms with Crippen LogP contribution in [0.3, 0.4) is 0 Å². The third kappa shape index (κ3) is 4.19. The Balaban J connectivity index is 1.57. The minimum atomic E-state index is -0.340. The van der Waals surface area contributed by atoms with Crippen LogP contribution in [-0.2, 0) is 11.3 Å². The molecule has 0 aliphatic rings. The van der Waals surface area contributed by atoms with Gasteiger partial charge in [0.1, 0.15) is 22.9 Å². The number of carbonyl (C=O) groups is 1. The van der Waals surface area contributed by atoms with Gasteiger partial charge in [-0.1, -0.05) is 6.07 Å². The summed E-state index contributed by atoms with van der Waals surface area (Å²) in [5.74, 6) is 1.02. The first-order chi connectivity index (χ1) is 15.0. The zero-order chi connectivity index (χ0) is 22.0. The number of hydrogen-bond acceptors (Lipinski definition) is 7. The van der Waals surface area contributed by atoms with Crippen molar-refractivity contribution in [2.75, 3.05) is 14.2 Å². The van der Waals surface area contributed by atoms with E-state index in [1.165, 1.54) is 22.2 Å². The van der Waals surface area contributed by atoms with Gasteiger partial charge < -0.3 is 14.8 Å². The number of ether oxygens (including phenoxy) is 2. The van der Waals surface area contributed by atoms with Crippen LogP contribution in [0.5, 0.6) is 11.5 Å². The maximum Gasteiger partial charge on any atom is 0.263 e. The second kappa shape index (κ2) is 8.91. The molecule has 1 N–H and O–H groups in total. The lowest BCUT2D eigenvalue weighted by molar-refractivity contribution is -0.122. The number of benzene rings is 1. The molecule has 7 nitrogen and oxygen atoms in total. The third-order valence-corrected chi connectivity index (χ3v) is 6.73. The normalized spacial score (nSPS) is 12.0. The minimum absolute atomic E-state index is 0.127. The van der Waals surface area contributed by atoms with Crippen LogP contribution in [0.25, 0.3) is 20.7 Å². The number of nitrogens with zero attached hydrogens (tertiary/aromatic N) is 2. The highest BCUT2D eigenvalue weighted by Crippen LogP contribution is 2.33. The van der Waals surface area contributed by atoms with Gasteiger partial charge in [-0.05, 0) is 36.6 Å². The molecule has 1 unspecified atom stereocenters. The number of fused-ring (bicyclic) bond motifs is 1. The van der Waals surface area contributed by atoms with Crippen molar-refractivity contribution in [1.82, 2.24) is 14.9 Å². The van der Waals surface area contributed by atoms with Crippen molar-refractivity contribution in [3.05, 3.63) is 63.3 Å². The van der Waals surface area contributed by atoms with E-state index in [-0.39, 0.29) is 24.1 Å². The molecule has 1 atom stereocenters. The molecular formula is C22H21N3O4S2. The molecule has 0 saturated heterocycles. The first-order valence-electron chi connectivity index (χ1n) is 9.53. The second-order valence-corrected chi connectivity index (χ2v) is 8.69. The molecular weight excluding hydrogens is 434 g/mol. The van der Waals surface area contributed by atoms with Gasteiger partial charge in [0, 0.05) is 21.4 Å². The van der Waals surface area contributed by atoms with Crippen LogP contribution in [0.1, 0.15) is 18.5 Å². The number of rotatable bonds is 7. The zero-order valence-corrected chi connectivity index (χ0v) is 18.9. The van der Waals surface area contributed by atoms with Crippen molar-refractivity contribution in [1.29, 1.82) is 0 Å². The standard InChI is InChI=1S/C22H21N3O4S2/c1-13(15-9-14(28-2)6-7-17(15)29-3)24-19(26)10-25-12-23-21-20(22(25)27)16(11-31-21)18-5-4-8-30-18/h4-9,11-13H,10H2,1-3H3,(H,24,26). The lowest BCUT2D eigenvalue weighted by atomic mass is 10.1. The topological polar surface area (TPSA) is 82.4 Å². The summed E-state index contributed by atoms with van der Waals surface area (Å²) < 4.78 is 12.0. The van der Waals surface area contributed by atoms with Crippen LogP contribution in [0, 0.1) is 0 Å². The van der Waals surface area contributed by atoms with E-state index >= 15 is 0 Å². The Morgan fingerprint density at radius 1 is 1.23 bits per heavy atom. The van der Waals surface area contributed by atoms with E-state index in [1.54, 1.807) is 37.7 Å². The van der Waals surface area contributed by atoms with Gasteiger partial charge in [-0.15, -0.1) is 22.7 Å². The fourth-order valence-corrected chi connectivity index (χ4v) is 5.11. The van der Waals surface area contributed by atoms with Gasteiger partial charge in [0.25, 0.3) is 5.56 Å². The SMILES string of the molecule is COc1ccc(OC)c(C(C)NC(=O)Cn2cnc3scc(-c4cccs4)c3c2=O)c1. The Morgan fingerprint density at radius 3 is 2.77 bits per heavy atom. The number of aromatic nitrogens is 2. The van der Waals surface area contributed by atoms with E-state index in [0.717, 1.165) is 16.0 Å². The van der Waals surface area contributed by atoms with Crippen LogP contribution >= 0.6 is 22.7 Å². The van der Waals surface area contributed by atoms with Gasteiger partial charge in [0.05, 0.1) is 32.0 Å². The Bertz CT molecular complexity index is 1280. The summed E-state index contributed by atoms with van der Waals surface area (Å²) >= 11 is 2.99. The molecule has 160 valence electrons. The molecule has 0 bridgehead atoms. The van der Waals surface area contributed by atoms with Crippen molar-refractivity contribution in [3.8, 4) is 21.9 Å². The van der Waals surface area contributed by atoms with Crippen molar-refractivity contribution in [2.45, 2.75) is 19.5 Å². The van der Waals surface area contributed by atoms with Crippen LogP contribution < -0.4 is 20.3 Å². The number of methoxy groups -OCH3 is 2. The predicted octanol–water partition coefficient (Wildman–Crippen LogP) is 4.08. The van der Waals surface area contributed by atoms with Crippen LogP contribution in [0.4, 0.5) is 0 Å². The average Bonchev–Trinajstić information content (AvgIpc) is 3.45. The summed E-state index contributed by atoms with van der Waals surface area (Å²) in [6, 6.07) is 8.99. The van der Waals surface area contributed by atoms with Gasteiger partial charge in [-0.2, -0.15) is 0 Å². The highest BCUT2D eigenvalue weighted by Gasteiger charge is 2.18. The van der Waals surface area contributed by atoms with Gasteiger partial charge in [0.2, 0.25) is 5.91 Å². The molecule has 4 rings (SSSR count). The first-order valence-corrected chi connectivity index (χ1v) is 11.3. The maximum atomic E-state index is 13.1. The van der Waals surface area contributed by atoms with Gasteiger partial charge in [0.15, 0.2) is 0 Å². The van der Waals surface area contributed by atoms with Gasteiger partial charge >= 0.3 is 0 Å². The van der Waals surface area contributed by atoms with E-state index in [1.807, 2.05) is 35.9 Å². The number of nitrogens with one attached hydrogen (secondary N) is 1. The van der Waals surface area contributed by atoms with Crippen LogP contribution in [-0.4, -0.2) is 29.7 Å². The van der Waals surface area contributed by atoms with E-state index < -0.39 is 0 Å². The smallest absolute Gasteiger partial charge is 0.263 e. The van der Waals surface area contributed by atoms with Crippen molar-refractivity contribution >= 4 is 38.8 Å². The van der Waals surface area contributed by atoms with E-state index in [2.05, 4.69) is 10.3 Å². The highest BCUT2D eigenvalue weighted by molar-refractivity contribution is 7.18. The molecule has 0 spiro atoms. The number of amides is 1. The van der Waals surface area contributed by atoms with Crippen LogP contribution in [0.15, 0.2) is 52.2 Å². The van der Waals surface area contributed by atoms with E-state index in [9.17, 15) is 9.59 Å². The summed E-state index contributed by atoms with van der Waals surface area (Å²) in [6.07, 6.45) is 1.43. The maximum absolute atomic E-state index is 13.1. The van der Waals surface area contributed by atoms with Crippen molar-refractivity contribution in [2.24, 2.45) is 0 Å². The summed E-state index contributed by atoms with van der Waals surface area (Å²) in [7, 11) is 3.16. The fourth-order valence-electron chi connectivity index (χ4n) is 3.39. The fraction of sp³-hybridized carbons (Fsp3) is 0.227. The first kappa shape index (κ1) is 21.1. The third-order valence-electron chi connectivity index (χ3n) is 4.94. The molecule has 0 fully saturated rings. The molecule has 1 aromatic carbocycles. The number of thiophene rings is 2. The number of hydrogen-bond donors (Lipinski definition) is 1. The highest BCUT2D eigenvalue weighted by atomic mass is 32.1. The molecule has 3 aromatic heterocycles. The molecule has 4 aromatic rings. The van der Waals surface area contributed by atoms with Crippen molar-refractivity contribution < 1.29 is 14.3 Å². The molecule has 0 saturated carbocycles. The van der Waals surface area contributed by atoms with Gasteiger partial charge in [-0.25, -0.2) is 4.98 Å². The molecule has 0 radical (unpaired) electrons. The molecule has 0 aliphatic carbocycles. The Kier molecular flexibility index (Phi) is 6.06. The van der Waals surface area contributed by atoms with E-state index in [0.29, 0.717) is 21.7 Å². The summed E-state index contributed by atoms with van der Waals surface area (Å²) in [4.78, 5) is 31.9. The Hall–Kier alpha value is -3.17. The molecule has 31 heavy (non-hydrogen) atoms. The van der Waals surface area contributed by atoms with E-state index in [4.69, 9.17) is 9.47 Å². The molecule has 3 heterocycles. The quantitative estimate of drug-likeness (QED) is 0.454. The zero-order valence-electron chi connectivity index (χ0n) is 17.2. The van der Waals surface area contributed by atoms with Crippen LogP contribution in [0.2, 0.25) is 0 Å². The molecule has 1 amide bonds. The monoisotopic (exact) mass is 455 g/mol. The summed E-state index contributed by atoms with van der Waals surface area (Å²) in [6.45, 7) is 1.73. The lowest BCUT2D eigenvalue weighted by Gasteiger charge is -2.18. The minimum Gasteiger partial charge on any atom is -0.497 e. The Morgan fingerprint density at radius 2 is 2.06 bits per heavy atom. The van der Waals surface area contributed by atoms with Crippen molar-refractivity contribution in [3.63, 3.8) is 0 Å². The summed E-state index contributed by atoms with van der Waals surface area (Å²) in [5.41, 5.74) is 1.42. The second-order valence-electron chi connectivity index (χ2n) is 6.88. The average molecular weight is 456 g/mol. The molecule has 9 heteroatoms.